The quantitative estimate of drug-likeness (QED) is 0.704. The van der Waals surface area contributed by atoms with Crippen LogP contribution in [-0.4, -0.2) is 26.8 Å². The fourth-order valence-electron chi connectivity index (χ4n) is 1.86. The van der Waals surface area contributed by atoms with Gasteiger partial charge in [0.25, 0.3) is 0 Å². The Bertz CT molecular complexity index is 298. The van der Waals surface area contributed by atoms with Gasteiger partial charge in [-0.3, -0.25) is 0 Å². The monoisotopic (exact) mass is 236 g/mol. The van der Waals surface area contributed by atoms with E-state index in [0.29, 0.717) is 6.54 Å². The number of anilines is 1. The highest BCUT2D eigenvalue weighted by atomic mass is 16.5. The van der Waals surface area contributed by atoms with Crippen LogP contribution in [0.2, 0.25) is 0 Å². The molecule has 0 saturated heterocycles. The Balaban J connectivity index is 2.47. The van der Waals surface area contributed by atoms with Crippen LogP contribution >= 0.6 is 0 Å². The van der Waals surface area contributed by atoms with Crippen molar-refractivity contribution in [2.75, 3.05) is 31.7 Å². The Kier molecular flexibility index (Phi) is 6.67. The van der Waals surface area contributed by atoms with E-state index in [2.05, 4.69) is 36.1 Å². The van der Waals surface area contributed by atoms with Crippen molar-refractivity contribution >= 4 is 5.69 Å². The summed E-state index contributed by atoms with van der Waals surface area (Å²) in [4.78, 5) is 2.38. The lowest BCUT2D eigenvalue weighted by Crippen LogP contribution is -2.24. The topological polar surface area (TPSA) is 38.5 Å². The Hall–Kier alpha value is -1.06. The van der Waals surface area contributed by atoms with Crippen molar-refractivity contribution in [1.82, 2.24) is 0 Å². The highest BCUT2D eigenvalue weighted by Gasteiger charge is 2.03. The molecule has 2 N–H and O–H groups in total. The number of hydrogen-bond donors (Lipinski definition) is 1. The first-order chi connectivity index (χ1) is 8.31. The molecule has 0 radical (unpaired) electrons. The summed E-state index contributed by atoms with van der Waals surface area (Å²) >= 11 is 0. The van der Waals surface area contributed by atoms with E-state index in [0.717, 1.165) is 26.1 Å². The molecule has 0 aliphatic heterocycles. The lowest BCUT2D eigenvalue weighted by Gasteiger charge is -2.23. The zero-order chi connectivity index (χ0) is 12.5. The zero-order valence-electron chi connectivity index (χ0n) is 11.0. The third-order valence-electron chi connectivity index (χ3n) is 2.95. The van der Waals surface area contributed by atoms with Gasteiger partial charge in [-0.25, -0.2) is 0 Å². The number of nitrogens with zero attached hydrogens (tertiary/aromatic N) is 1. The van der Waals surface area contributed by atoms with Gasteiger partial charge in [-0.05, 0) is 37.5 Å². The average Bonchev–Trinajstić information content (AvgIpc) is 2.39. The van der Waals surface area contributed by atoms with Gasteiger partial charge in [0, 0.05) is 39.0 Å². The van der Waals surface area contributed by atoms with Crippen molar-refractivity contribution < 1.29 is 4.74 Å². The lowest BCUT2D eigenvalue weighted by molar-refractivity contribution is 0.193. The molecule has 0 spiro atoms. The van der Waals surface area contributed by atoms with Crippen LogP contribution in [0.1, 0.15) is 25.3 Å². The van der Waals surface area contributed by atoms with Crippen molar-refractivity contribution in [3.63, 3.8) is 0 Å². The summed E-state index contributed by atoms with van der Waals surface area (Å²) in [6, 6.07) is 8.52. The maximum atomic E-state index is 5.59. The van der Waals surface area contributed by atoms with E-state index in [1.165, 1.54) is 17.7 Å². The van der Waals surface area contributed by atoms with Gasteiger partial charge < -0.3 is 15.4 Å². The highest BCUT2D eigenvalue weighted by Crippen LogP contribution is 2.15. The van der Waals surface area contributed by atoms with E-state index in [9.17, 15) is 0 Å². The van der Waals surface area contributed by atoms with Crippen LogP contribution in [0.4, 0.5) is 5.69 Å². The molecule has 17 heavy (non-hydrogen) atoms. The Morgan fingerprint density at radius 3 is 2.41 bits per heavy atom. The fourth-order valence-corrected chi connectivity index (χ4v) is 1.86. The predicted molar refractivity (Wildman–Crippen MR) is 73.3 cm³/mol. The summed E-state index contributed by atoms with van der Waals surface area (Å²) < 4.78 is 5.06. The highest BCUT2D eigenvalue weighted by molar-refractivity contribution is 5.47. The Morgan fingerprint density at radius 2 is 1.88 bits per heavy atom. The average molecular weight is 236 g/mol. The van der Waals surface area contributed by atoms with Crippen molar-refractivity contribution in [3.05, 3.63) is 29.8 Å². The molecular weight excluding hydrogens is 212 g/mol. The second-order valence-corrected chi connectivity index (χ2v) is 4.15. The van der Waals surface area contributed by atoms with Gasteiger partial charge in [-0.15, -0.1) is 0 Å². The van der Waals surface area contributed by atoms with Gasteiger partial charge in [0.15, 0.2) is 0 Å². The Labute approximate surface area is 105 Å². The SMILES string of the molecule is CCN(CCCCOC)c1ccc(CN)cc1. The van der Waals surface area contributed by atoms with E-state index in [4.69, 9.17) is 10.5 Å². The van der Waals surface area contributed by atoms with Gasteiger partial charge >= 0.3 is 0 Å². The molecule has 0 atom stereocenters. The largest absolute Gasteiger partial charge is 0.385 e. The minimum Gasteiger partial charge on any atom is -0.385 e. The number of ether oxygens (including phenoxy) is 1. The number of unbranched alkanes of at least 4 members (excludes halogenated alkanes) is 1. The van der Waals surface area contributed by atoms with Crippen LogP contribution in [0.5, 0.6) is 0 Å². The van der Waals surface area contributed by atoms with Crippen LogP contribution in [0.15, 0.2) is 24.3 Å². The van der Waals surface area contributed by atoms with Crippen molar-refractivity contribution in [3.8, 4) is 0 Å². The lowest BCUT2D eigenvalue weighted by atomic mass is 10.2. The molecule has 0 bridgehead atoms. The minimum atomic E-state index is 0.611. The molecule has 0 amide bonds. The first-order valence-electron chi connectivity index (χ1n) is 6.34. The van der Waals surface area contributed by atoms with Crippen LogP contribution in [-0.2, 0) is 11.3 Å². The number of rotatable bonds is 8. The Morgan fingerprint density at radius 1 is 1.18 bits per heavy atom. The molecule has 1 rings (SSSR count). The molecule has 0 saturated carbocycles. The van der Waals surface area contributed by atoms with Crippen LogP contribution in [0.25, 0.3) is 0 Å². The molecule has 3 heteroatoms. The molecular formula is C14H24N2O. The molecule has 0 fully saturated rings. The molecule has 3 nitrogen and oxygen atoms in total. The van der Waals surface area contributed by atoms with E-state index < -0.39 is 0 Å². The number of benzene rings is 1. The summed E-state index contributed by atoms with van der Waals surface area (Å²) in [5.41, 5.74) is 8.06. The van der Waals surface area contributed by atoms with Crippen molar-refractivity contribution in [2.45, 2.75) is 26.3 Å². The summed E-state index contributed by atoms with van der Waals surface area (Å²) in [5.74, 6) is 0. The summed E-state index contributed by atoms with van der Waals surface area (Å²) in [5, 5.41) is 0. The molecule has 1 aromatic carbocycles. The summed E-state index contributed by atoms with van der Waals surface area (Å²) in [6.07, 6.45) is 2.29. The van der Waals surface area contributed by atoms with E-state index >= 15 is 0 Å². The molecule has 0 heterocycles. The smallest absolute Gasteiger partial charge is 0.0462 e. The third-order valence-corrected chi connectivity index (χ3v) is 2.95. The maximum Gasteiger partial charge on any atom is 0.0462 e. The third kappa shape index (κ3) is 4.75. The molecule has 96 valence electrons. The number of hydrogen-bond acceptors (Lipinski definition) is 3. The second kappa shape index (κ2) is 8.09. The molecule has 0 unspecified atom stereocenters. The molecule has 0 aliphatic rings. The summed E-state index contributed by atoms with van der Waals surface area (Å²) in [7, 11) is 1.75. The normalized spacial score (nSPS) is 10.5. The number of nitrogens with two attached hydrogens (primary N) is 1. The fraction of sp³-hybridized carbons (Fsp3) is 0.571. The predicted octanol–water partition coefficient (Wildman–Crippen LogP) is 2.40. The van der Waals surface area contributed by atoms with Crippen LogP contribution < -0.4 is 10.6 Å². The van der Waals surface area contributed by atoms with E-state index in [1.54, 1.807) is 7.11 Å². The maximum absolute atomic E-state index is 5.59. The standard InChI is InChI=1S/C14H24N2O/c1-3-16(10-4-5-11-17-2)14-8-6-13(12-15)7-9-14/h6-9H,3-5,10-12,15H2,1-2H3. The summed E-state index contributed by atoms with van der Waals surface area (Å²) in [6.45, 7) is 5.77. The first-order valence-corrected chi connectivity index (χ1v) is 6.34. The second-order valence-electron chi connectivity index (χ2n) is 4.15. The van der Waals surface area contributed by atoms with Crippen molar-refractivity contribution in [1.29, 1.82) is 0 Å². The van der Waals surface area contributed by atoms with Gasteiger partial charge in [0.2, 0.25) is 0 Å². The van der Waals surface area contributed by atoms with Crippen molar-refractivity contribution in [2.24, 2.45) is 5.73 Å². The van der Waals surface area contributed by atoms with Gasteiger partial charge in [0.1, 0.15) is 0 Å². The van der Waals surface area contributed by atoms with E-state index in [1.807, 2.05) is 0 Å². The van der Waals surface area contributed by atoms with Crippen LogP contribution in [0.3, 0.4) is 0 Å². The molecule has 1 aromatic rings. The number of methoxy groups -OCH3 is 1. The van der Waals surface area contributed by atoms with Gasteiger partial charge in [0.05, 0.1) is 0 Å². The zero-order valence-corrected chi connectivity index (χ0v) is 11.0. The molecule has 0 aromatic heterocycles. The molecule has 0 aliphatic carbocycles. The van der Waals surface area contributed by atoms with E-state index in [-0.39, 0.29) is 0 Å². The first kappa shape index (κ1) is 14.0. The van der Waals surface area contributed by atoms with Gasteiger partial charge in [-0.2, -0.15) is 0 Å². The van der Waals surface area contributed by atoms with Crippen LogP contribution in [0, 0.1) is 0 Å². The minimum absolute atomic E-state index is 0.611. The van der Waals surface area contributed by atoms with Gasteiger partial charge in [-0.1, -0.05) is 12.1 Å².